The van der Waals surface area contributed by atoms with Crippen LogP contribution in [0.4, 0.5) is 10.1 Å². The van der Waals surface area contributed by atoms with Gasteiger partial charge in [0.05, 0.1) is 0 Å². The van der Waals surface area contributed by atoms with Gasteiger partial charge < -0.3 is 5.32 Å². The molecule has 0 radical (unpaired) electrons. The highest BCUT2D eigenvalue weighted by Gasteiger charge is 2.04. The molecule has 4 heteroatoms. The fraction of sp³-hybridized carbons (Fsp3) is 0.143. The summed E-state index contributed by atoms with van der Waals surface area (Å²) in [5, 5.41) is 3.90. The highest BCUT2D eigenvalue weighted by Crippen LogP contribution is 2.21. The molecule has 0 spiro atoms. The summed E-state index contributed by atoms with van der Waals surface area (Å²) < 4.78 is 14.4. The number of anilines is 1. The number of aryl methyl sites for hydroxylation is 1. The molecular weight excluding hydrogens is 317 g/mol. The molecule has 0 heterocycles. The van der Waals surface area contributed by atoms with Gasteiger partial charge in [-0.3, -0.25) is 0 Å². The van der Waals surface area contributed by atoms with E-state index in [1.165, 1.54) is 6.07 Å². The van der Waals surface area contributed by atoms with Crippen LogP contribution in [-0.2, 0) is 6.54 Å². The Morgan fingerprint density at radius 3 is 2.67 bits per heavy atom. The maximum Gasteiger partial charge on any atom is 0.129 e. The molecular formula is C14H12BrClFN. The molecule has 1 nitrogen and oxygen atoms in total. The highest BCUT2D eigenvalue weighted by atomic mass is 79.9. The number of hydrogen-bond acceptors (Lipinski definition) is 1. The van der Waals surface area contributed by atoms with Crippen LogP contribution in [0.15, 0.2) is 40.9 Å². The number of benzene rings is 2. The molecule has 0 fully saturated rings. The molecule has 18 heavy (non-hydrogen) atoms. The third-order valence-corrected chi connectivity index (χ3v) is 3.40. The van der Waals surface area contributed by atoms with Gasteiger partial charge in [0.1, 0.15) is 5.82 Å². The van der Waals surface area contributed by atoms with Gasteiger partial charge in [0.2, 0.25) is 0 Å². The van der Waals surface area contributed by atoms with E-state index in [0.29, 0.717) is 17.1 Å². The zero-order chi connectivity index (χ0) is 13.1. The average Bonchev–Trinajstić information content (AvgIpc) is 2.30. The second-order valence-corrected chi connectivity index (χ2v) is 5.40. The summed E-state index contributed by atoms with van der Waals surface area (Å²) in [6.45, 7) is 2.41. The Kier molecular flexibility index (Phi) is 4.25. The molecule has 2 aromatic carbocycles. The summed E-state index contributed by atoms with van der Waals surface area (Å²) in [7, 11) is 0. The third-order valence-electron chi connectivity index (χ3n) is 2.67. The van der Waals surface area contributed by atoms with E-state index in [-0.39, 0.29) is 5.82 Å². The number of halogens is 3. The van der Waals surface area contributed by atoms with E-state index in [9.17, 15) is 4.39 Å². The molecule has 0 aliphatic heterocycles. The lowest BCUT2D eigenvalue weighted by molar-refractivity contribution is 0.612. The first-order valence-corrected chi connectivity index (χ1v) is 6.67. The first kappa shape index (κ1) is 13.4. The minimum Gasteiger partial charge on any atom is -0.381 e. The van der Waals surface area contributed by atoms with Crippen LogP contribution in [-0.4, -0.2) is 0 Å². The van der Waals surface area contributed by atoms with Crippen LogP contribution in [0.2, 0.25) is 5.02 Å². The summed E-state index contributed by atoms with van der Waals surface area (Å²) in [5.41, 5.74) is 2.63. The van der Waals surface area contributed by atoms with Crippen LogP contribution in [0.25, 0.3) is 0 Å². The largest absolute Gasteiger partial charge is 0.381 e. The van der Waals surface area contributed by atoms with Crippen molar-refractivity contribution in [1.29, 1.82) is 0 Å². The maximum atomic E-state index is 13.6. The van der Waals surface area contributed by atoms with E-state index in [0.717, 1.165) is 15.7 Å². The van der Waals surface area contributed by atoms with Gasteiger partial charge in [-0.1, -0.05) is 33.6 Å². The van der Waals surface area contributed by atoms with Crippen LogP contribution in [0.5, 0.6) is 0 Å². The normalized spacial score (nSPS) is 10.4. The highest BCUT2D eigenvalue weighted by molar-refractivity contribution is 9.10. The van der Waals surface area contributed by atoms with Crippen molar-refractivity contribution >= 4 is 33.2 Å². The summed E-state index contributed by atoms with van der Waals surface area (Å²) in [5.74, 6) is -0.219. The zero-order valence-electron chi connectivity index (χ0n) is 9.81. The molecule has 2 aromatic rings. The summed E-state index contributed by atoms with van der Waals surface area (Å²) in [4.78, 5) is 0. The van der Waals surface area contributed by atoms with Crippen molar-refractivity contribution in [3.8, 4) is 0 Å². The molecule has 2 rings (SSSR count). The van der Waals surface area contributed by atoms with Crippen LogP contribution in [0.3, 0.4) is 0 Å². The third kappa shape index (κ3) is 3.24. The lowest BCUT2D eigenvalue weighted by atomic mass is 10.1. The Hall–Kier alpha value is -1.06. The first-order chi connectivity index (χ1) is 8.56. The van der Waals surface area contributed by atoms with Gasteiger partial charge in [-0.15, -0.1) is 0 Å². The monoisotopic (exact) mass is 327 g/mol. The van der Waals surface area contributed by atoms with Crippen molar-refractivity contribution in [3.05, 3.63) is 62.8 Å². The molecule has 94 valence electrons. The molecule has 0 unspecified atom stereocenters. The molecule has 0 bridgehead atoms. The van der Waals surface area contributed by atoms with E-state index < -0.39 is 0 Å². The number of nitrogens with one attached hydrogen (secondary N) is 1. The van der Waals surface area contributed by atoms with Gasteiger partial charge in [0.15, 0.2) is 0 Å². The maximum absolute atomic E-state index is 13.6. The molecule has 0 saturated carbocycles. The van der Waals surface area contributed by atoms with Crippen LogP contribution in [0.1, 0.15) is 11.1 Å². The van der Waals surface area contributed by atoms with Gasteiger partial charge in [-0.2, -0.15) is 0 Å². The van der Waals surface area contributed by atoms with Crippen molar-refractivity contribution in [3.63, 3.8) is 0 Å². The van der Waals surface area contributed by atoms with Gasteiger partial charge in [0, 0.05) is 27.3 Å². The van der Waals surface area contributed by atoms with Crippen molar-refractivity contribution in [2.75, 3.05) is 5.32 Å². The van der Waals surface area contributed by atoms with Crippen molar-refractivity contribution in [2.45, 2.75) is 13.5 Å². The first-order valence-electron chi connectivity index (χ1n) is 5.50. The second-order valence-electron chi connectivity index (χ2n) is 4.05. The molecule has 0 aromatic heterocycles. The van der Waals surface area contributed by atoms with Crippen LogP contribution < -0.4 is 5.32 Å². The van der Waals surface area contributed by atoms with Gasteiger partial charge in [-0.05, 0) is 42.8 Å². The lowest BCUT2D eigenvalue weighted by Gasteiger charge is -2.10. The molecule has 1 N–H and O–H groups in total. The van der Waals surface area contributed by atoms with Gasteiger partial charge >= 0.3 is 0 Å². The van der Waals surface area contributed by atoms with Gasteiger partial charge in [-0.25, -0.2) is 4.39 Å². The van der Waals surface area contributed by atoms with Gasteiger partial charge in [0.25, 0.3) is 0 Å². The summed E-state index contributed by atoms with van der Waals surface area (Å²) in [6, 6.07) is 10.6. The fourth-order valence-corrected chi connectivity index (χ4v) is 2.24. The summed E-state index contributed by atoms with van der Waals surface area (Å²) in [6.07, 6.45) is 0. The zero-order valence-corrected chi connectivity index (χ0v) is 12.1. The van der Waals surface area contributed by atoms with Crippen molar-refractivity contribution < 1.29 is 4.39 Å². The quantitative estimate of drug-likeness (QED) is 0.820. The van der Waals surface area contributed by atoms with E-state index in [1.54, 1.807) is 6.07 Å². The minimum absolute atomic E-state index is 0.219. The Balaban J connectivity index is 2.11. The van der Waals surface area contributed by atoms with E-state index >= 15 is 0 Å². The van der Waals surface area contributed by atoms with Crippen LogP contribution >= 0.6 is 27.5 Å². The van der Waals surface area contributed by atoms with E-state index in [1.807, 2.05) is 31.2 Å². The Labute approximate surface area is 119 Å². The standard InChI is InChI=1S/C14H12BrClFN/c1-9-6-12(16)4-5-14(9)18-8-10-2-3-11(15)7-13(10)17/h2-7,18H,8H2,1H3. The lowest BCUT2D eigenvalue weighted by Crippen LogP contribution is -2.03. The Bertz CT molecular complexity index is 520. The smallest absolute Gasteiger partial charge is 0.129 e. The predicted octanol–water partition coefficient (Wildman–Crippen LogP) is 5.16. The number of rotatable bonds is 3. The van der Waals surface area contributed by atoms with Crippen molar-refractivity contribution in [1.82, 2.24) is 0 Å². The second kappa shape index (κ2) is 5.72. The fourth-order valence-electron chi connectivity index (χ4n) is 1.68. The van der Waals surface area contributed by atoms with Crippen LogP contribution in [0, 0.1) is 12.7 Å². The topological polar surface area (TPSA) is 12.0 Å². The summed E-state index contributed by atoms with van der Waals surface area (Å²) >= 11 is 9.12. The average molecular weight is 329 g/mol. The SMILES string of the molecule is Cc1cc(Cl)ccc1NCc1ccc(Br)cc1F. The molecule has 0 saturated heterocycles. The minimum atomic E-state index is -0.219. The molecule has 0 aliphatic rings. The van der Waals surface area contributed by atoms with Crippen molar-refractivity contribution in [2.24, 2.45) is 0 Å². The Morgan fingerprint density at radius 1 is 1.22 bits per heavy atom. The predicted molar refractivity (Wildman–Crippen MR) is 77.6 cm³/mol. The molecule has 0 aliphatic carbocycles. The molecule has 0 atom stereocenters. The Morgan fingerprint density at radius 2 is 2.00 bits per heavy atom. The van der Waals surface area contributed by atoms with E-state index in [2.05, 4.69) is 21.2 Å². The van der Waals surface area contributed by atoms with E-state index in [4.69, 9.17) is 11.6 Å². The molecule has 0 amide bonds. The number of hydrogen-bond donors (Lipinski definition) is 1.